The van der Waals surface area contributed by atoms with Crippen LogP contribution in [-0.4, -0.2) is 32.2 Å². The van der Waals surface area contributed by atoms with Gasteiger partial charge in [-0.25, -0.2) is 19.7 Å². The molecule has 0 bridgehead atoms. The maximum absolute atomic E-state index is 14.0. The molecule has 0 amide bonds. The number of esters is 1. The van der Waals surface area contributed by atoms with E-state index in [1.54, 1.807) is 0 Å². The molecule has 4 heterocycles. The Labute approximate surface area is 533 Å². The quantitative estimate of drug-likeness (QED) is 0.0891. The van der Waals surface area contributed by atoms with Crippen LogP contribution in [0, 0.1) is 0 Å². The molecular weight excluding hydrogens is 1120 g/mol. The number of rotatable bonds is 12. The molecule has 0 atom stereocenters. The molecule has 92 heavy (non-hydrogen) atoms. The van der Waals surface area contributed by atoms with Crippen LogP contribution in [-0.2, 0) is 11.3 Å². The molecule has 0 aliphatic carbocycles. The van der Waals surface area contributed by atoms with Crippen molar-refractivity contribution in [3.05, 3.63) is 333 Å². The van der Waals surface area contributed by atoms with E-state index in [1.165, 1.54) is 27.8 Å². The molecule has 432 valence electrons. The number of benzene rings is 13. The number of fused-ring (bicyclic) bond motifs is 7. The minimum atomic E-state index is -0.392. The number of carbonyl (C=O) groups is 1. The van der Waals surface area contributed by atoms with E-state index >= 15 is 0 Å². The second-order valence-electron chi connectivity index (χ2n) is 23.4. The van der Waals surface area contributed by atoms with Crippen molar-refractivity contribution in [3.8, 4) is 73.2 Å². The zero-order chi connectivity index (χ0) is 61.1. The predicted molar refractivity (Wildman–Crippen MR) is 376 cm³/mol. The maximum atomic E-state index is 14.0. The third kappa shape index (κ3) is 9.41. The lowest BCUT2D eigenvalue weighted by Crippen LogP contribution is -2.61. The van der Waals surface area contributed by atoms with Gasteiger partial charge in [-0.15, -0.1) is 0 Å². The van der Waals surface area contributed by atoms with Crippen LogP contribution < -0.4 is 26.2 Å². The van der Waals surface area contributed by atoms with Gasteiger partial charge in [-0.3, -0.25) is 0 Å². The van der Waals surface area contributed by atoms with E-state index in [-0.39, 0.29) is 13.3 Å². The molecular formula is C83H55BN6O2. The Hall–Kier alpha value is -12.2. The van der Waals surface area contributed by atoms with Crippen LogP contribution in [0.2, 0.25) is 0 Å². The summed E-state index contributed by atoms with van der Waals surface area (Å²) in [5.41, 5.74) is 23.6. The third-order valence-electron chi connectivity index (χ3n) is 17.9. The highest BCUT2D eigenvalue weighted by Gasteiger charge is 2.43. The number of carbonyl (C=O) groups excluding carboxylic acids is 1. The van der Waals surface area contributed by atoms with Gasteiger partial charge in [0.15, 0.2) is 17.5 Å². The second-order valence-corrected chi connectivity index (χ2v) is 23.4. The number of hydrogen-bond donors (Lipinski definition) is 0. The normalized spacial score (nSPS) is 12.2. The van der Waals surface area contributed by atoms with Crippen molar-refractivity contribution >= 4 is 85.0 Å². The van der Waals surface area contributed by atoms with Crippen molar-refractivity contribution < 1.29 is 9.53 Å². The van der Waals surface area contributed by atoms with Gasteiger partial charge in [0.05, 0.1) is 22.3 Å². The van der Waals surface area contributed by atoms with E-state index in [0.29, 0.717) is 23.0 Å². The van der Waals surface area contributed by atoms with Crippen LogP contribution in [0.15, 0.2) is 322 Å². The number of ether oxygens (including phenoxy) is 1. The fourth-order valence-electron chi connectivity index (χ4n) is 13.8. The van der Waals surface area contributed by atoms with Crippen molar-refractivity contribution in [2.24, 2.45) is 0 Å². The first-order chi connectivity index (χ1) is 45.6. The van der Waals surface area contributed by atoms with Crippen LogP contribution in [0.25, 0.3) is 95.0 Å². The van der Waals surface area contributed by atoms with Gasteiger partial charge in [0.25, 0.3) is 6.71 Å². The van der Waals surface area contributed by atoms with Crippen molar-refractivity contribution in [2.45, 2.75) is 6.61 Å². The molecule has 0 unspecified atom stereocenters. The van der Waals surface area contributed by atoms with Crippen molar-refractivity contribution in [3.63, 3.8) is 0 Å². The molecule has 9 heteroatoms. The summed E-state index contributed by atoms with van der Waals surface area (Å²) >= 11 is 0. The molecule has 2 aromatic heterocycles. The summed E-state index contributed by atoms with van der Waals surface area (Å²) in [7, 11) is 0. The van der Waals surface area contributed by atoms with Crippen LogP contribution in [0.5, 0.6) is 0 Å². The minimum Gasteiger partial charge on any atom is -0.457 e. The van der Waals surface area contributed by atoms with E-state index in [1.807, 2.05) is 109 Å². The Morgan fingerprint density at radius 3 is 1.41 bits per heavy atom. The lowest BCUT2D eigenvalue weighted by atomic mass is 9.33. The largest absolute Gasteiger partial charge is 0.457 e. The van der Waals surface area contributed by atoms with E-state index < -0.39 is 5.97 Å². The first-order valence-electron chi connectivity index (χ1n) is 31.1. The second kappa shape index (κ2) is 22.8. The first-order valence-corrected chi connectivity index (χ1v) is 31.1. The molecule has 0 N–H and O–H groups in total. The number of nitrogens with zero attached hydrogens (tertiary/aromatic N) is 6. The van der Waals surface area contributed by atoms with Gasteiger partial charge in [-0.1, -0.05) is 231 Å². The van der Waals surface area contributed by atoms with E-state index in [2.05, 4.69) is 227 Å². The lowest BCUT2D eigenvalue weighted by molar-refractivity contribution is 0.0473. The maximum Gasteiger partial charge on any atom is 0.338 e. The number of aromatic nitrogens is 4. The summed E-state index contributed by atoms with van der Waals surface area (Å²) in [4.78, 5) is 34.7. The molecule has 8 nitrogen and oxygen atoms in total. The van der Waals surface area contributed by atoms with E-state index in [9.17, 15) is 4.79 Å². The molecule has 0 saturated carbocycles. The number of hydrogen-bond acceptors (Lipinski definition) is 7. The van der Waals surface area contributed by atoms with E-state index in [0.717, 1.165) is 106 Å². The topological polar surface area (TPSA) is 76.4 Å². The van der Waals surface area contributed by atoms with Crippen LogP contribution >= 0.6 is 0 Å². The molecule has 17 rings (SSSR count). The van der Waals surface area contributed by atoms with Gasteiger partial charge in [-0.2, -0.15) is 0 Å². The smallest absolute Gasteiger partial charge is 0.338 e. The Morgan fingerprint density at radius 2 is 0.804 bits per heavy atom. The molecule has 0 spiro atoms. The molecule has 0 fully saturated rings. The molecule has 2 aliphatic heterocycles. The summed E-state index contributed by atoms with van der Waals surface area (Å²) in [6, 6.07) is 113. The summed E-state index contributed by atoms with van der Waals surface area (Å²) in [5, 5.41) is 1.89. The highest BCUT2D eigenvalue weighted by atomic mass is 16.5. The fourth-order valence-corrected chi connectivity index (χ4v) is 13.8. The van der Waals surface area contributed by atoms with Crippen molar-refractivity contribution in [1.29, 1.82) is 0 Å². The molecule has 0 saturated heterocycles. The van der Waals surface area contributed by atoms with E-state index in [4.69, 9.17) is 19.7 Å². The van der Waals surface area contributed by atoms with Gasteiger partial charge in [0, 0.05) is 67.2 Å². The van der Waals surface area contributed by atoms with Gasteiger partial charge >= 0.3 is 5.97 Å². The highest BCUT2D eigenvalue weighted by Crippen LogP contribution is 2.47. The van der Waals surface area contributed by atoms with Gasteiger partial charge in [0.2, 0.25) is 0 Å². The van der Waals surface area contributed by atoms with Crippen molar-refractivity contribution in [1.82, 2.24) is 19.5 Å². The summed E-state index contributed by atoms with van der Waals surface area (Å²) in [6.07, 6.45) is 0. The monoisotopic (exact) mass is 1180 g/mol. The summed E-state index contributed by atoms with van der Waals surface area (Å²) in [5.74, 6) is 1.25. The molecule has 15 aromatic rings. The van der Waals surface area contributed by atoms with Gasteiger partial charge in [-0.05, 0) is 141 Å². The summed E-state index contributed by atoms with van der Waals surface area (Å²) < 4.78 is 8.24. The zero-order valence-electron chi connectivity index (χ0n) is 49.9. The fraction of sp³-hybridized carbons (Fsp3) is 0.0120. The Kier molecular flexibility index (Phi) is 13.4. The predicted octanol–water partition coefficient (Wildman–Crippen LogP) is 18.4. The number of anilines is 6. The standard InChI is InChI=1S/C83H55BN6O2/c91-83(92-54-55-25-6-1-7-26-55)62-47-48-73-69(51-62)67-39-16-19-44-72(67)90(73)79-66(40-24-41-68(79)82-86-80(56-27-8-2-9-28-56)85-81(87-82)57-29-10-3-11-30-57)61-34-23-32-59(50-61)58-31-22-33-60(49-58)63-52-76-78-77(53-63)89(65-37-14-5-15-38-65)75-46-21-18-43-71(75)84(78)70-42-17-20-45-74(70)88(76)64-35-12-4-13-36-64/h1-53H,54H2. The van der Waals surface area contributed by atoms with Gasteiger partial charge < -0.3 is 19.1 Å². The van der Waals surface area contributed by atoms with Gasteiger partial charge in [0.1, 0.15) is 6.61 Å². The zero-order valence-corrected chi connectivity index (χ0v) is 49.9. The SMILES string of the molecule is O=C(OCc1ccccc1)c1ccc2c(c1)c1ccccc1n2-c1c(-c2cccc(-c3cccc(-c4cc5c6c(c4)N(c4ccccc4)c4ccccc4B6c4ccccc4N5c4ccccc4)c3)c2)cccc1-c1nc(-c2ccccc2)nc(-c2ccccc2)n1. The third-order valence-corrected chi connectivity index (χ3v) is 17.9. The summed E-state index contributed by atoms with van der Waals surface area (Å²) in [6.45, 7) is 0.178. The Balaban J connectivity index is 0.846. The molecule has 2 aliphatic rings. The lowest BCUT2D eigenvalue weighted by Gasteiger charge is -2.44. The minimum absolute atomic E-state index is 0.00902. The first kappa shape index (κ1) is 54.0. The van der Waals surface area contributed by atoms with Crippen LogP contribution in [0.1, 0.15) is 15.9 Å². The average Bonchev–Trinajstić information content (AvgIpc) is 0.799. The van der Waals surface area contributed by atoms with Crippen LogP contribution in [0.3, 0.4) is 0 Å². The van der Waals surface area contributed by atoms with Crippen molar-refractivity contribution in [2.75, 3.05) is 9.80 Å². The highest BCUT2D eigenvalue weighted by molar-refractivity contribution is 7.00. The van der Waals surface area contributed by atoms with Crippen LogP contribution in [0.4, 0.5) is 34.1 Å². The average molecular weight is 1180 g/mol. The molecule has 0 radical (unpaired) electrons. The Morgan fingerprint density at radius 1 is 0.348 bits per heavy atom. The Bertz CT molecular complexity index is 5160. The molecule has 13 aromatic carbocycles. The number of para-hydroxylation sites is 6.